The molecule has 0 atom stereocenters. The van der Waals surface area contributed by atoms with Crippen LogP contribution in [0.1, 0.15) is 9.75 Å². The van der Waals surface area contributed by atoms with Crippen molar-refractivity contribution < 1.29 is 0 Å². The first-order valence-corrected chi connectivity index (χ1v) is 7.29. The van der Waals surface area contributed by atoms with E-state index in [2.05, 4.69) is 49.7 Å². The van der Waals surface area contributed by atoms with E-state index in [1.54, 1.807) is 35.5 Å². The van der Waals surface area contributed by atoms with Crippen LogP contribution in [0.4, 0.5) is 11.9 Å². The molecule has 0 aliphatic heterocycles. The predicted molar refractivity (Wildman–Crippen MR) is 82.9 cm³/mol. The Morgan fingerprint density at radius 1 is 1.19 bits per heavy atom. The van der Waals surface area contributed by atoms with E-state index in [1.165, 1.54) is 9.75 Å². The van der Waals surface area contributed by atoms with Crippen LogP contribution in [0.15, 0.2) is 30.6 Å². The Labute approximate surface area is 126 Å². The minimum absolute atomic E-state index is 0.476. The Kier molecular flexibility index (Phi) is 3.78. The molecule has 3 aromatic heterocycles. The monoisotopic (exact) mass is 301 g/mol. The van der Waals surface area contributed by atoms with Crippen LogP contribution in [-0.4, -0.2) is 31.8 Å². The van der Waals surface area contributed by atoms with Crippen LogP contribution < -0.4 is 10.6 Å². The molecule has 3 rings (SSSR count). The highest BCUT2D eigenvalue weighted by Crippen LogP contribution is 2.16. The van der Waals surface area contributed by atoms with Gasteiger partial charge in [0.15, 0.2) is 0 Å². The summed E-state index contributed by atoms with van der Waals surface area (Å²) in [5.74, 6) is 1.50. The van der Waals surface area contributed by atoms with Gasteiger partial charge in [0.25, 0.3) is 5.95 Å². The standard InChI is InChI=1S/C13H15N7S/c1-9-4-5-10(21-9)8-15-12-17-11(14-2)18-13(19-12)20-7-3-6-16-20/h3-7H,8H2,1-2H3,(H2,14,15,17,18,19). The van der Waals surface area contributed by atoms with Gasteiger partial charge in [-0.15, -0.1) is 11.3 Å². The molecular weight excluding hydrogens is 286 g/mol. The van der Waals surface area contributed by atoms with Crippen LogP contribution in [0.25, 0.3) is 5.95 Å². The molecule has 0 saturated heterocycles. The van der Waals surface area contributed by atoms with Gasteiger partial charge in [0.2, 0.25) is 11.9 Å². The van der Waals surface area contributed by atoms with Crippen molar-refractivity contribution in [2.24, 2.45) is 0 Å². The van der Waals surface area contributed by atoms with Gasteiger partial charge in [0, 0.05) is 29.2 Å². The minimum atomic E-state index is 0.476. The van der Waals surface area contributed by atoms with Gasteiger partial charge >= 0.3 is 0 Å². The molecule has 0 amide bonds. The van der Waals surface area contributed by atoms with E-state index in [9.17, 15) is 0 Å². The van der Waals surface area contributed by atoms with Crippen LogP contribution in [0.5, 0.6) is 0 Å². The number of rotatable bonds is 5. The zero-order valence-corrected chi connectivity index (χ0v) is 12.6. The molecule has 0 aliphatic carbocycles. The van der Waals surface area contributed by atoms with E-state index in [4.69, 9.17) is 0 Å². The van der Waals surface area contributed by atoms with E-state index < -0.39 is 0 Å². The number of hydrogen-bond acceptors (Lipinski definition) is 7. The van der Waals surface area contributed by atoms with Gasteiger partial charge in [-0.2, -0.15) is 20.1 Å². The van der Waals surface area contributed by atoms with Crippen molar-refractivity contribution in [2.45, 2.75) is 13.5 Å². The molecular formula is C13H15N7S. The number of nitrogens with one attached hydrogen (secondary N) is 2. The van der Waals surface area contributed by atoms with Gasteiger partial charge in [-0.1, -0.05) is 0 Å². The number of aromatic nitrogens is 5. The molecule has 0 fully saturated rings. The van der Waals surface area contributed by atoms with Crippen LogP contribution >= 0.6 is 11.3 Å². The summed E-state index contributed by atoms with van der Waals surface area (Å²) < 4.78 is 1.60. The maximum absolute atomic E-state index is 4.38. The second kappa shape index (κ2) is 5.88. The molecule has 0 aromatic carbocycles. The summed E-state index contributed by atoms with van der Waals surface area (Å²) in [5, 5.41) is 10.3. The van der Waals surface area contributed by atoms with Crippen LogP contribution in [-0.2, 0) is 6.54 Å². The SMILES string of the molecule is CNc1nc(NCc2ccc(C)s2)nc(-n2cccn2)n1. The first-order chi connectivity index (χ1) is 10.2. The second-order valence-corrected chi connectivity index (χ2v) is 5.72. The van der Waals surface area contributed by atoms with Crippen molar-refractivity contribution in [2.75, 3.05) is 17.7 Å². The molecule has 0 unspecified atom stereocenters. The summed E-state index contributed by atoms with van der Waals surface area (Å²) >= 11 is 1.75. The number of anilines is 2. The first kappa shape index (κ1) is 13.5. The van der Waals surface area contributed by atoms with Crippen molar-refractivity contribution in [3.63, 3.8) is 0 Å². The summed E-state index contributed by atoms with van der Waals surface area (Å²) in [4.78, 5) is 15.5. The summed E-state index contributed by atoms with van der Waals surface area (Å²) in [5.41, 5.74) is 0. The first-order valence-electron chi connectivity index (χ1n) is 6.47. The Morgan fingerprint density at radius 2 is 2.05 bits per heavy atom. The largest absolute Gasteiger partial charge is 0.357 e. The maximum atomic E-state index is 4.38. The summed E-state index contributed by atoms with van der Waals surface area (Å²) in [6.07, 6.45) is 3.48. The topological polar surface area (TPSA) is 80.5 Å². The molecule has 7 nitrogen and oxygen atoms in total. The van der Waals surface area contributed by atoms with Crippen molar-refractivity contribution in [1.29, 1.82) is 0 Å². The van der Waals surface area contributed by atoms with Gasteiger partial charge < -0.3 is 10.6 Å². The molecule has 3 aromatic rings. The second-order valence-electron chi connectivity index (χ2n) is 4.35. The van der Waals surface area contributed by atoms with Crippen LogP contribution in [0, 0.1) is 6.92 Å². The molecule has 8 heteroatoms. The van der Waals surface area contributed by atoms with Gasteiger partial charge in [0.1, 0.15) is 0 Å². The highest BCUT2D eigenvalue weighted by molar-refractivity contribution is 7.11. The number of aryl methyl sites for hydroxylation is 1. The molecule has 0 spiro atoms. The third-order valence-corrected chi connectivity index (χ3v) is 3.77. The molecule has 108 valence electrons. The molecule has 2 N–H and O–H groups in total. The summed E-state index contributed by atoms with van der Waals surface area (Å²) in [6.45, 7) is 2.77. The zero-order chi connectivity index (χ0) is 14.7. The highest BCUT2D eigenvalue weighted by Gasteiger charge is 2.08. The van der Waals surface area contributed by atoms with E-state index in [1.807, 2.05) is 6.07 Å². The van der Waals surface area contributed by atoms with Gasteiger partial charge in [-0.25, -0.2) is 4.68 Å². The fourth-order valence-electron chi connectivity index (χ4n) is 1.79. The normalized spacial score (nSPS) is 10.6. The molecule has 21 heavy (non-hydrogen) atoms. The van der Waals surface area contributed by atoms with Crippen LogP contribution in [0.3, 0.4) is 0 Å². The zero-order valence-electron chi connectivity index (χ0n) is 11.7. The number of hydrogen-bond donors (Lipinski definition) is 2. The van der Waals surface area contributed by atoms with E-state index >= 15 is 0 Å². The molecule has 0 saturated carbocycles. The molecule has 0 radical (unpaired) electrons. The third kappa shape index (κ3) is 3.16. The predicted octanol–water partition coefficient (Wildman–Crippen LogP) is 2.08. The number of nitrogens with zero attached hydrogens (tertiary/aromatic N) is 5. The van der Waals surface area contributed by atoms with Gasteiger partial charge in [-0.05, 0) is 25.1 Å². The van der Waals surface area contributed by atoms with Crippen molar-refractivity contribution in [1.82, 2.24) is 24.7 Å². The lowest BCUT2D eigenvalue weighted by Crippen LogP contribution is -2.11. The van der Waals surface area contributed by atoms with E-state index in [-0.39, 0.29) is 0 Å². The average molecular weight is 301 g/mol. The Balaban J connectivity index is 1.82. The van der Waals surface area contributed by atoms with Crippen molar-refractivity contribution in [3.05, 3.63) is 40.3 Å². The fourth-order valence-corrected chi connectivity index (χ4v) is 2.62. The van der Waals surface area contributed by atoms with Crippen molar-refractivity contribution >= 4 is 23.2 Å². The quantitative estimate of drug-likeness (QED) is 0.751. The lowest BCUT2D eigenvalue weighted by molar-refractivity contribution is 0.797. The smallest absolute Gasteiger partial charge is 0.257 e. The lowest BCUT2D eigenvalue weighted by Gasteiger charge is -2.07. The van der Waals surface area contributed by atoms with E-state index in [0.29, 0.717) is 24.4 Å². The molecule has 3 heterocycles. The minimum Gasteiger partial charge on any atom is -0.357 e. The van der Waals surface area contributed by atoms with Crippen molar-refractivity contribution in [3.8, 4) is 5.95 Å². The molecule has 0 aliphatic rings. The fraction of sp³-hybridized carbons (Fsp3) is 0.231. The Bertz CT molecular complexity index is 720. The Morgan fingerprint density at radius 3 is 2.71 bits per heavy atom. The maximum Gasteiger partial charge on any atom is 0.257 e. The molecule has 0 bridgehead atoms. The Hall–Kier alpha value is -2.48. The van der Waals surface area contributed by atoms with E-state index in [0.717, 1.165) is 0 Å². The van der Waals surface area contributed by atoms with Gasteiger partial charge in [0.05, 0.1) is 6.54 Å². The summed E-state index contributed by atoms with van der Waals surface area (Å²) in [6, 6.07) is 6.02. The lowest BCUT2D eigenvalue weighted by atomic mass is 10.4. The van der Waals surface area contributed by atoms with Crippen LogP contribution in [0.2, 0.25) is 0 Å². The van der Waals surface area contributed by atoms with Gasteiger partial charge in [-0.3, -0.25) is 0 Å². The summed E-state index contributed by atoms with van der Waals surface area (Å²) in [7, 11) is 1.77. The number of thiophene rings is 1. The average Bonchev–Trinajstić information content (AvgIpc) is 3.16. The third-order valence-electron chi connectivity index (χ3n) is 2.77. The highest BCUT2D eigenvalue weighted by atomic mass is 32.1.